The summed E-state index contributed by atoms with van der Waals surface area (Å²) < 4.78 is 36.0. The maximum absolute atomic E-state index is 12.0. The molecule has 8 heteroatoms. The van der Waals surface area contributed by atoms with Crippen molar-refractivity contribution in [1.29, 1.82) is 0 Å². The minimum Gasteiger partial charge on any atom is -0.382 e. The molecule has 0 heterocycles. The Balaban J connectivity index is 2.26. The van der Waals surface area contributed by atoms with E-state index in [-0.39, 0.29) is 6.42 Å². The predicted octanol–water partition coefficient (Wildman–Crippen LogP) is 2.86. The minimum atomic E-state index is -4.72. The molecule has 2 N–H and O–H groups in total. The van der Waals surface area contributed by atoms with Gasteiger partial charge in [-0.2, -0.15) is 13.2 Å². The highest BCUT2D eigenvalue weighted by molar-refractivity contribution is 7.99. The van der Waals surface area contributed by atoms with Gasteiger partial charge >= 0.3 is 6.18 Å². The first-order valence-corrected chi connectivity index (χ1v) is 7.06. The molecule has 0 fully saturated rings. The zero-order chi connectivity index (χ0) is 15.2. The van der Waals surface area contributed by atoms with Crippen molar-refractivity contribution in [1.82, 2.24) is 5.32 Å². The summed E-state index contributed by atoms with van der Waals surface area (Å²) in [5, 5.41) is 11.3. The SMILES string of the molecule is O=C(CCSc1ccccc1Cl)NCC(O)C(F)(F)F. The standard InChI is InChI=1S/C12H13ClF3NO2S/c13-8-3-1-2-4-9(8)20-6-5-11(19)17-7-10(18)12(14,15)16/h1-4,10,18H,5-7H2,(H,17,19). The van der Waals surface area contributed by atoms with Crippen LogP contribution >= 0.6 is 23.4 Å². The van der Waals surface area contributed by atoms with Gasteiger partial charge in [-0.05, 0) is 12.1 Å². The Hall–Kier alpha value is -0.920. The van der Waals surface area contributed by atoms with Crippen molar-refractivity contribution in [2.45, 2.75) is 23.6 Å². The third kappa shape index (κ3) is 6.02. The second kappa shape index (κ2) is 7.75. The van der Waals surface area contributed by atoms with Crippen LogP contribution < -0.4 is 5.32 Å². The molecule has 1 atom stereocenters. The lowest BCUT2D eigenvalue weighted by Crippen LogP contribution is -2.40. The Morgan fingerprint density at radius 2 is 2.05 bits per heavy atom. The van der Waals surface area contributed by atoms with Crippen molar-refractivity contribution in [2.75, 3.05) is 12.3 Å². The second-order valence-corrected chi connectivity index (χ2v) is 5.43. The van der Waals surface area contributed by atoms with Crippen LogP contribution in [0.25, 0.3) is 0 Å². The summed E-state index contributed by atoms with van der Waals surface area (Å²) in [5.74, 6) is -0.162. The van der Waals surface area contributed by atoms with E-state index in [9.17, 15) is 18.0 Å². The van der Waals surface area contributed by atoms with Crippen LogP contribution in [-0.2, 0) is 4.79 Å². The third-order valence-corrected chi connectivity index (χ3v) is 3.81. The summed E-state index contributed by atoms with van der Waals surface area (Å²) in [4.78, 5) is 12.1. The minimum absolute atomic E-state index is 0.0421. The number of aliphatic hydroxyl groups is 1. The fourth-order valence-corrected chi connectivity index (χ4v) is 2.42. The van der Waals surface area contributed by atoms with Crippen LogP contribution in [0.5, 0.6) is 0 Å². The van der Waals surface area contributed by atoms with E-state index in [0.717, 1.165) is 4.90 Å². The Morgan fingerprint density at radius 1 is 1.40 bits per heavy atom. The third-order valence-electron chi connectivity index (χ3n) is 2.29. The average Bonchev–Trinajstić information content (AvgIpc) is 2.37. The summed E-state index contributed by atoms with van der Waals surface area (Å²) in [7, 11) is 0. The maximum atomic E-state index is 12.0. The molecular weight excluding hydrogens is 315 g/mol. The Morgan fingerprint density at radius 3 is 2.65 bits per heavy atom. The molecule has 0 aromatic heterocycles. The summed E-state index contributed by atoms with van der Waals surface area (Å²) >= 11 is 7.25. The Labute approximate surface area is 123 Å². The summed E-state index contributed by atoms with van der Waals surface area (Å²) in [5.41, 5.74) is 0. The lowest BCUT2D eigenvalue weighted by Gasteiger charge is -2.14. The van der Waals surface area contributed by atoms with Crippen LogP contribution in [0.2, 0.25) is 5.02 Å². The van der Waals surface area contributed by atoms with Gasteiger partial charge in [0, 0.05) is 17.1 Å². The number of benzene rings is 1. The van der Waals surface area contributed by atoms with E-state index in [1.165, 1.54) is 11.8 Å². The fourth-order valence-electron chi connectivity index (χ4n) is 1.23. The van der Waals surface area contributed by atoms with Gasteiger partial charge < -0.3 is 10.4 Å². The molecule has 20 heavy (non-hydrogen) atoms. The first kappa shape index (κ1) is 17.1. The van der Waals surface area contributed by atoms with E-state index in [0.29, 0.717) is 10.8 Å². The number of hydrogen-bond donors (Lipinski definition) is 2. The van der Waals surface area contributed by atoms with Crippen LogP contribution in [0.15, 0.2) is 29.2 Å². The summed E-state index contributed by atoms with van der Waals surface area (Å²) in [6.45, 7) is -0.834. The molecule has 0 saturated heterocycles. The number of hydrogen-bond acceptors (Lipinski definition) is 3. The number of carbonyl (C=O) groups excluding carboxylic acids is 1. The molecule has 1 unspecified atom stereocenters. The monoisotopic (exact) mass is 327 g/mol. The Kier molecular flexibility index (Phi) is 6.64. The number of nitrogens with one attached hydrogen (secondary N) is 1. The summed E-state index contributed by atoms with van der Waals surface area (Å²) in [6, 6.07) is 7.08. The largest absolute Gasteiger partial charge is 0.416 e. The van der Waals surface area contributed by atoms with Gasteiger partial charge in [-0.15, -0.1) is 11.8 Å². The average molecular weight is 328 g/mol. The molecule has 1 aromatic carbocycles. The quantitative estimate of drug-likeness (QED) is 0.790. The van der Waals surface area contributed by atoms with Crippen molar-refractivity contribution < 1.29 is 23.1 Å². The van der Waals surface area contributed by atoms with Crippen molar-refractivity contribution in [2.24, 2.45) is 0 Å². The molecule has 0 aliphatic rings. The molecule has 0 saturated carbocycles. The van der Waals surface area contributed by atoms with Gasteiger partial charge in [-0.25, -0.2) is 0 Å². The number of thioether (sulfide) groups is 1. The van der Waals surface area contributed by atoms with Crippen LogP contribution in [0.3, 0.4) is 0 Å². The Bertz CT molecular complexity index is 457. The van der Waals surface area contributed by atoms with Gasteiger partial charge in [0.05, 0.1) is 11.6 Å². The van der Waals surface area contributed by atoms with E-state index < -0.39 is 24.7 Å². The van der Waals surface area contributed by atoms with Gasteiger partial charge in [0.2, 0.25) is 5.91 Å². The number of rotatable bonds is 6. The van der Waals surface area contributed by atoms with Gasteiger partial charge in [0.25, 0.3) is 0 Å². The fraction of sp³-hybridized carbons (Fsp3) is 0.417. The van der Waals surface area contributed by atoms with Gasteiger partial charge in [0.1, 0.15) is 0 Å². The topological polar surface area (TPSA) is 49.3 Å². The highest BCUT2D eigenvalue weighted by atomic mass is 35.5. The molecule has 1 amide bonds. The molecular formula is C12H13ClF3NO2S. The van der Waals surface area contributed by atoms with Crippen molar-refractivity contribution in [3.05, 3.63) is 29.3 Å². The number of aliphatic hydroxyl groups excluding tert-OH is 1. The van der Waals surface area contributed by atoms with Gasteiger partial charge in [0.15, 0.2) is 6.10 Å². The molecule has 0 aliphatic carbocycles. The van der Waals surface area contributed by atoms with Crippen molar-refractivity contribution in [3.63, 3.8) is 0 Å². The summed E-state index contributed by atoms with van der Waals surface area (Å²) in [6.07, 6.45) is -7.22. The molecule has 0 radical (unpaired) electrons. The first-order valence-electron chi connectivity index (χ1n) is 5.69. The molecule has 3 nitrogen and oxygen atoms in total. The zero-order valence-electron chi connectivity index (χ0n) is 10.3. The van der Waals surface area contributed by atoms with Crippen molar-refractivity contribution >= 4 is 29.3 Å². The van der Waals surface area contributed by atoms with E-state index in [1.807, 2.05) is 5.32 Å². The lowest BCUT2D eigenvalue weighted by molar-refractivity contribution is -0.201. The van der Waals surface area contributed by atoms with E-state index in [4.69, 9.17) is 16.7 Å². The van der Waals surface area contributed by atoms with Gasteiger partial charge in [-0.3, -0.25) is 4.79 Å². The smallest absolute Gasteiger partial charge is 0.382 e. The van der Waals surface area contributed by atoms with E-state index >= 15 is 0 Å². The molecule has 1 rings (SSSR count). The lowest BCUT2D eigenvalue weighted by atomic mass is 10.3. The van der Waals surface area contributed by atoms with Crippen LogP contribution in [-0.4, -0.2) is 35.6 Å². The molecule has 0 bridgehead atoms. The molecule has 0 aliphatic heterocycles. The molecule has 1 aromatic rings. The number of alkyl halides is 3. The van der Waals surface area contributed by atoms with Crippen molar-refractivity contribution in [3.8, 4) is 0 Å². The van der Waals surface area contributed by atoms with Crippen LogP contribution in [0.1, 0.15) is 6.42 Å². The van der Waals surface area contributed by atoms with Gasteiger partial charge in [-0.1, -0.05) is 23.7 Å². The highest BCUT2D eigenvalue weighted by Crippen LogP contribution is 2.26. The number of halogens is 4. The predicted molar refractivity (Wildman–Crippen MR) is 71.9 cm³/mol. The van der Waals surface area contributed by atoms with E-state index in [1.54, 1.807) is 24.3 Å². The molecule has 112 valence electrons. The number of amides is 1. The van der Waals surface area contributed by atoms with Crippen LogP contribution in [0, 0.1) is 0 Å². The molecule has 0 spiro atoms. The second-order valence-electron chi connectivity index (χ2n) is 3.89. The van der Waals surface area contributed by atoms with E-state index in [2.05, 4.69) is 0 Å². The maximum Gasteiger partial charge on any atom is 0.416 e. The zero-order valence-corrected chi connectivity index (χ0v) is 11.9. The number of carbonyl (C=O) groups is 1. The van der Waals surface area contributed by atoms with Crippen LogP contribution in [0.4, 0.5) is 13.2 Å². The normalized spacial score (nSPS) is 13.1. The first-order chi connectivity index (χ1) is 9.30. The highest BCUT2D eigenvalue weighted by Gasteiger charge is 2.38.